The van der Waals surface area contributed by atoms with Crippen LogP contribution >= 0.6 is 11.8 Å². The Morgan fingerprint density at radius 3 is 2.72 bits per heavy atom. The predicted octanol–water partition coefficient (Wildman–Crippen LogP) is 2.61. The van der Waals surface area contributed by atoms with Crippen molar-refractivity contribution < 1.29 is 9.18 Å². The molecule has 0 aliphatic rings. The smallest absolute Gasteiger partial charge is 0.279 e. The lowest BCUT2D eigenvalue weighted by Crippen LogP contribution is -2.17. The van der Waals surface area contributed by atoms with Crippen LogP contribution in [0.2, 0.25) is 0 Å². The Bertz CT molecular complexity index is 1130. The molecular weight excluding hydrogens is 397 g/mol. The highest BCUT2D eigenvalue weighted by Gasteiger charge is 2.18. The molecule has 0 saturated carbocycles. The number of nitrogens with one attached hydrogen (secondary N) is 3. The van der Waals surface area contributed by atoms with E-state index < -0.39 is 5.91 Å². The quantitative estimate of drug-likeness (QED) is 0.442. The number of nitrogens with zero attached hydrogens (tertiary/aromatic N) is 6. The Morgan fingerprint density at radius 1 is 1.21 bits per heavy atom. The van der Waals surface area contributed by atoms with E-state index in [0.29, 0.717) is 21.7 Å². The average molecular weight is 411 g/mol. The Morgan fingerprint density at radius 2 is 2.03 bits per heavy atom. The van der Waals surface area contributed by atoms with Gasteiger partial charge in [-0.25, -0.2) is 19.3 Å². The maximum Gasteiger partial charge on any atom is 0.279 e. The van der Waals surface area contributed by atoms with Gasteiger partial charge in [0.2, 0.25) is 0 Å². The Hall–Kier alpha value is -3.80. The number of aromatic amines is 1. The molecule has 0 bridgehead atoms. The molecule has 0 fully saturated rings. The zero-order valence-corrected chi connectivity index (χ0v) is 15.8. The second kappa shape index (κ2) is 8.06. The van der Waals surface area contributed by atoms with E-state index in [1.54, 1.807) is 24.0 Å². The number of rotatable bonds is 6. The average Bonchev–Trinajstić information content (AvgIpc) is 3.36. The number of carbonyl (C=O) groups excluding carboxylic acids is 1. The van der Waals surface area contributed by atoms with Crippen molar-refractivity contribution in [3.05, 3.63) is 60.6 Å². The van der Waals surface area contributed by atoms with Crippen molar-refractivity contribution >= 4 is 35.0 Å². The zero-order chi connectivity index (χ0) is 20.2. The van der Waals surface area contributed by atoms with E-state index in [-0.39, 0.29) is 17.3 Å². The van der Waals surface area contributed by atoms with Crippen molar-refractivity contribution in [1.82, 2.24) is 34.9 Å². The van der Waals surface area contributed by atoms with Crippen LogP contribution in [0.1, 0.15) is 10.5 Å². The SMILES string of the molecule is Cn1ccc(NC(=O)c2nc(Sc3ncn[nH]3)cnc2Nc2ccc(F)cc2)n1. The molecule has 0 unspecified atom stereocenters. The highest BCUT2D eigenvalue weighted by Crippen LogP contribution is 2.25. The Balaban J connectivity index is 1.64. The van der Waals surface area contributed by atoms with Crippen molar-refractivity contribution in [3.8, 4) is 0 Å². The molecule has 3 N–H and O–H groups in total. The summed E-state index contributed by atoms with van der Waals surface area (Å²) in [6.45, 7) is 0. The second-order valence-electron chi connectivity index (χ2n) is 5.76. The van der Waals surface area contributed by atoms with Crippen molar-refractivity contribution in [2.75, 3.05) is 10.6 Å². The molecule has 0 spiro atoms. The predicted molar refractivity (Wildman–Crippen MR) is 103 cm³/mol. The molecule has 0 radical (unpaired) electrons. The monoisotopic (exact) mass is 411 g/mol. The van der Waals surface area contributed by atoms with Gasteiger partial charge in [-0.3, -0.25) is 14.6 Å². The third-order valence-electron chi connectivity index (χ3n) is 3.62. The summed E-state index contributed by atoms with van der Waals surface area (Å²) in [7, 11) is 1.74. The summed E-state index contributed by atoms with van der Waals surface area (Å²) in [6, 6.07) is 7.34. The number of benzene rings is 1. The minimum absolute atomic E-state index is 0.0458. The van der Waals surface area contributed by atoms with Gasteiger partial charge in [0.15, 0.2) is 22.5 Å². The first-order chi connectivity index (χ1) is 14.1. The number of H-pyrrole nitrogens is 1. The maximum atomic E-state index is 13.2. The van der Waals surface area contributed by atoms with Gasteiger partial charge in [0.1, 0.15) is 17.2 Å². The molecule has 29 heavy (non-hydrogen) atoms. The molecule has 1 amide bonds. The van der Waals surface area contributed by atoms with E-state index in [1.807, 2.05) is 0 Å². The molecule has 0 atom stereocenters. The van der Waals surface area contributed by atoms with Gasteiger partial charge in [0, 0.05) is 25.0 Å². The van der Waals surface area contributed by atoms with Crippen LogP contribution in [0.3, 0.4) is 0 Å². The molecule has 3 heterocycles. The van der Waals surface area contributed by atoms with Crippen LogP contribution in [0.5, 0.6) is 0 Å². The lowest BCUT2D eigenvalue weighted by Gasteiger charge is -2.11. The van der Waals surface area contributed by atoms with Crippen LogP contribution in [-0.2, 0) is 7.05 Å². The van der Waals surface area contributed by atoms with E-state index in [4.69, 9.17) is 0 Å². The number of carbonyl (C=O) groups is 1. The van der Waals surface area contributed by atoms with Crippen molar-refractivity contribution in [2.24, 2.45) is 7.05 Å². The van der Waals surface area contributed by atoms with Crippen molar-refractivity contribution in [2.45, 2.75) is 10.2 Å². The molecule has 3 aromatic heterocycles. The first kappa shape index (κ1) is 18.6. The fourth-order valence-corrected chi connectivity index (χ4v) is 2.98. The first-order valence-electron chi connectivity index (χ1n) is 8.31. The normalized spacial score (nSPS) is 10.7. The lowest BCUT2D eigenvalue weighted by molar-refractivity contribution is 0.102. The molecule has 0 saturated heterocycles. The molecule has 0 aliphatic heterocycles. The van der Waals surface area contributed by atoms with Gasteiger partial charge in [0.25, 0.3) is 5.91 Å². The minimum Gasteiger partial charge on any atom is -0.338 e. The highest BCUT2D eigenvalue weighted by atomic mass is 32.2. The van der Waals surface area contributed by atoms with E-state index in [0.717, 1.165) is 0 Å². The number of hydrogen-bond acceptors (Lipinski definition) is 8. The van der Waals surface area contributed by atoms with Gasteiger partial charge >= 0.3 is 0 Å². The summed E-state index contributed by atoms with van der Waals surface area (Å²) in [5.41, 5.74) is 0.604. The summed E-state index contributed by atoms with van der Waals surface area (Å²) in [5, 5.41) is 17.2. The standard InChI is InChI=1S/C17H14FN9OS/c1-27-7-6-12(26-27)23-16(28)14-15(22-11-4-2-10(18)3-5-11)19-8-13(24-14)29-17-20-9-21-25-17/h2-9H,1H3,(H,19,22)(H,20,21,25)(H,23,26,28). The van der Waals surface area contributed by atoms with Gasteiger partial charge in [0.05, 0.1) is 6.20 Å². The molecule has 4 rings (SSSR count). The fraction of sp³-hybridized carbons (Fsp3) is 0.0588. The third-order valence-corrected chi connectivity index (χ3v) is 4.42. The molecule has 4 aromatic rings. The van der Waals surface area contributed by atoms with Gasteiger partial charge in [-0.2, -0.15) is 10.2 Å². The summed E-state index contributed by atoms with van der Waals surface area (Å²) < 4.78 is 14.7. The minimum atomic E-state index is -0.499. The number of amides is 1. The zero-order valence-electron chi connectivity index (χ0n) is 15.0. The van der Waals surface area contributed by atoms with Crippen LogP contribution in [0.15, 0.2) is 59.2 Å². The Labute approximate surface area is 168 Å². The van der Waals surface area contributed by atoms with E-state index in [9.17, 15) is 9.18 Å². The molecule has 0 aliphatic carbocycles. The van der Waals surface area contributed by atoms with Crippen LogP contribution in [0.4, 0.5) is 21.7 Å². The van der Waals surface area contributed by atoms with E-state index in [2.05, 4.69) is 40.9 Å². The fourth-order valence-electron chi connectivity index (χ4n) is 2.34. The molecule has 10 nitrogen and oxygen atoms in total. The molecule has 12 heteroatoms. The van der Waals surface area contributed by atoms with Gasteiger partial charge in [-0.05, 0) is 36.0 Å². The van der Waals surface area contributed by atoms with E-state index >= 15 is 0 Å². The second-order valence-corrected chi connectivity index (χ2v) is 6.77. The summed E-state index contributed by atoms with van der Waals surface area (Å²) in [6.07, 6.45) is 4.57. The number of hydrogen-bond donors (Lipinski definition) is 3. The van der Waals surface area contributed by atoms with Crippen molar-refractivity contribution in [1.29, 1.82) is 0 Å². The number of aryl methyl sites for hydroxylation is 1. The van der Waals surface area contributed by atoms with Gasteiger partial charge in [-0.15, -0.1) is 0 Å². The van der Waals surface area contributed by atoms with Crippen LogP contribution in [0.25, 0.3) is 0 Å². The maximum absolute atomic E-state index is 13.2. The number of anilines is 3. The Kier molecular flexibility index (Phi) is 5.16. The molecular formula is C17H14FN9OS. The summed E-state index contributed by atoms with van der Waals surface area (Å²) >= 11 is 1.17. The third kappa shape index (κ3) is 4.55. The van der Waals surface area contributed by atoms with Crippen molar-refractivity contribution in [3.63, 3.8) is 0 Å². The molecule has 146 valence electrons. The highest BCUT2D eigenvalue weighted by molar-refractivity contribution is 7.99. The van der Waals surface area contributed by atoms with Gasteiger partial charge < -0.3 is 10.6 Å². The van der Waals surface area contributed by atoms with Crippen LogP contribution in [0, 0.1) is 5.82 Å². The first-order valence-corrected chi connectivity index (χ1v) is 9.12. The van der Waals surface area contributed by atoms with E-state index in [1.165, 1.54) is 48.6 Å². The number of halogens is 1. The number of aromatic nitrogens is 7. The van der Waals surface area contributed by atoms with Gasteiger partial charge in [-0.1, -0.05) is 0 Å². The summed E-state index contributed by atoms with van der Waals surface area (Å²) in [5.74, 6) is -0.276. The molecule has 1 aromatic carbocycles. The topological polar surface area (TPSA) is 126 Å². The summed E-state index contributed by atoms with van der Waals surface area (Å²) in [4.78, 5) is 25.6. The van der Waals surface area contributed by atoms with Crippen LogP contribution in [-0.4, -0.2) is 40.8 Å². The lowest BCUT2D eigenvalue weighted by atomic mass is 10.3. The largest absolute Gasteiger partial charge is 0.338 e. The van der Waals surface area contributed by atoms with Crippen LogP contribution < -0.4 is 10.6 Å².